The van der Waals surface area contributed by atoms with Gasteiger partial charge in [-0.2, -0.15) is 0 Å². The molecular formula is C30H33N3O4. The van der Waals surface area contributed by atoms with Gasteiger partial charge in [-0.15, -0.1) is 0 Å². The van der Waals surface area contributed by atoms with Crippen LogP contribution in [-0.2, 0) is 21.5 Å². The highest BCUT2D eigenvalue weighted by molar-refractivity contribution is 6.46. The van der Waals surface area contributed by atoms with Crippen molar-refractivity contribution in [2.75, 3.05) is 13.2 Å². The molecule has 1 unspecified atom stereocenters. The predicted octanol–water partition coefficient (Wildman–Crippen LogP) is 5.26. The van der Waals surface area contributed by atoms with Gasteiger partial charge in [-0.05, 0) is 47.2 Å². The summed E-state index contributed by atoms with van der Waals surface area (Å²) in [6.45, 7) is 11.4. The number of benzene rings is 2. The molecule has 0 saturated carbocycles. The van der Waals surface area contributed by atoms with E-state index in [0.29, 0.717) is 37.4 Å². The van der Waals surface area contributed by atoms with E-state index < -0.39 is 17.7 Å². The monoisotopic (exact) mass is 499 g/mol. The summed E-state index contributed by atoms with van der Waals surface area (Å²) in [6.07, 6.45) is 7.57. The number of hydrogen-bond donors (Lipinski definition) is 1. The lowest BCUT2D eigenvalue weighted by Crippen LogP contribution is -2.31. The van der Waals surface area contributed by atoms with Crippen molar-refractivity contribution in [3.8, 4) is 5.75 Å². The van der Waals surface area contributed by atoms with Crippen molar-refractivity contribution in [3.63, 3.8) is 0 Å². The lowest BCUT2D eigenvalue weighted by molar-refractivity contribution is -0.139. The van der Waals surface area contributed by atoms with Crippen molar-refractivity contribution in [1.82, 2.24) is 14.5 Å². The Morgan fingerprint density at radius 3 is 2.38 bits per heavy atom. The van der Waals surface area contributed by atoms with Gasteiger partial charge in [-0.1, -0.05) is 57.7 Å². The number of ketones is 1. The van der Waals surface area contributed by atoms with E-state index in [2.05, 4.69) is 32.3 Å². The van der Waals surface area contributed by atoms with E-state index in [4.69, 9.17) is 4.74 Å². The molecule has 37 heavy (non-hydrogen) atoms. The van der Waals surface area contributed by atoms with E-state index >= 15 is 0 Å². The van der Waals surface area contributed by atoms with Crippen molar-refractivity contribution in [2.24, 2.45) is 0 Å². The van der Waals surface area contributed by atoms with Crippen LogP contribution in [0.5, 0.6) is 5.75 Å². The average Bonchev–Trinajstić information content (AvgIpc) is 3.49. The standard InChI is InChI=1S/C30H33N3O4/c1-5-19-37-24-13-9-22(10-14-24)27(34)25-26(21-7-11-23(12-8-21)30(2,3)4)33(29(36)28(25)35)17-6-16-32-18-15-31-20-32/h5,7-15,18,20,26,34H,1,6,16-17,19H2,2-4H3. The van der Waals surface area contributed by atoms with Gasteiger partial charge in [0.15, 0.2) is 0 Å². The van der Waals surface area contributed by atoms with Crippen LogP contribution >= 0.6 is 0 Å². The lowest BCUT2D eigenvalue weighted by Gasteiger charge is -2.26. The molecule has 1 atom stereocenters. The maximum Gasteiger partial charge on any atom is 0.295 e. The summed E-state index contributed by atoms with van der Waals surface area (Å²) in [5.41, 5.74) is 2.42. The molecule has 1 aromatic heterocycles. The van der Waals surface area contributed by atoms with Crippen LogP contribution in [0.1, 0.15) is 49.9 Å². The molecule has 2 aromatic carbocycles. The van der Waals surface area contributed by atoms with E-state index in [-0.39, 0.29) is 16.7 Å². The molecule has 4 rings (SSSR count). The quantitative estimate of drug-likeness (QED) is 0.188. The van der Waals surface area contributed by atoms with Crippen LogP contribution in [0.4, 0.5) is 0 Å². The van der Waals surface area contributed by atoms with Crippen molar-refractivity contribution < 1.29 is 19.4 Å². The van der Waals surface area contributed by atoms with E-state index in [9.17, 15) is 14.7 Å². The van der Waals surface area contributed by atoms with Gasteiger partial charge in [0, 0.05) is 31.0 Å². The third-order valence-corrected chi connectivity index (χ3v) is 6.50. The first kappa shape index (κ1) is 25.9. The molecule has 0 spiro atoms. The molecule has 1 fully saturated rings. The van der Waals surface area contributed by atoms with Crippen LogP contribution in [0.2, 0.25) is 0 Å². The molecule has 3 aromatic rings. The fourth-order valence-corrected chi connectivity index (χ4v) is 4.48. The topological polar surface area (TPSA) is 84.7 Å². The van der Waals surface area contributed by atoms with Crippen molar-refractivity contribution >= 4 is 17.4 Å². The van der Waals surface area contributed by atoms with Gasteiger partial charge in [0.05, 0.1) is 17.9 Å². The first-order valence-corrected chi connectivity index (χ1v) is 12.4. The predicted molar refractivity (Wildman–Crippen MR) is 143 cm³/mol. The van der Waals surface area contributed by atoms with E-state index in [0.717, 1.165) is 11.1 Å². The van der Waals surface area contributed by atoms with E-state index in [1.165, 1.54) is 0 Å². The zero-order valence-corrected chi connectivity index (χ0v) is 21.6. The number of carbonyl (C=O) groups is 2. The molecule has 192 valence electrons. The Balaban J connectivity index is 1.71. The maximum absolute atomic E-state index is 13.3. The number of carbonyl (C=O) groups excluding carboxylic acids is 2. The molecule has 1 aliphatic heterocycles. The summed E-state index contributed by atoms with van der Waals surface area (Å²) < 4.78 is 7.45. The number of aliphatic hydroxyl groups is 1. The van der Waals surface area contributed by atoms with Crippen molar-refractivity contribution in [3.05, 3.63) is 102 Å². The number of likely N-dealkylation sites (tertiary alicyclic amines) is 1. The average molecular weight is 500 g/mol. The second kappa shape index (κ2) is 10.9. The first-order chi connectivity index (χ1) is 17.7. The number of amides is 1. The first-order valence-electron chi connectivity index (χ1n) is 12.4. The minimum absolute atomic E-state index is 0.0411. The molecule has 0 aliphatic carbocycles. The number of nitrogens with zero attached hydrogens (tertiary/aromatic N) is 3. The van der Waals surface area contributed by atoms with E-state index in [1.54, 1.807) is 47.8 Å². The molecule has 7 heteroatoms. The highest BCUT2D eigenvalue weighted by Crippen LogP contribution is 2.40. The van der Waals surface area contributed by atoms with Gasteiger partial charge in [0.25, 0.3) is 11.7 Å². The molecule has 1 aliphatic rings. The van der Waals surface area contributed by atoms with Crippen LogP contribution in [0.25, 0.3) is 5.76 Å². The lowest BCUT2D eigenvalue weighted by atomic mass is 9.85. The summed E-state index contributed by atoms with van der Waals surface area (Å²) in [5.74, 6) is -0.874. The normalized spacial score (nSPS) is 17.3. The van der Waals surface area contributed by atoms with E-state index in [1.807, 2.05) is 35.0 Å². The Kier molecular flexibility index (Phi) is 7.62. The highest BCUT2D eigenvalue weighted by Gasteiger charge is 2.45. The van der Waals surface area contributed by atoms with Gasteiger partial charge in [0.1, 0.15) is 18.1 Å². The number of hydrogen-bond acceptors (Lipinski definition) is 5. The van der Waals surface area contributed by atoms with Gasteiger partial charge in [0.2, 0.25) is 0 Å². The number of aromatic nitrogens is 2. The summed E-state index contributed by atoms with van der Waals surface area (Å²) in [7, 11) is 0. The SMILES string of the molecule is C=CCOc1ccc(C(O)=C2C(=O)C(=O)N(CCCn3ccnc3)C2c2ccc(C(C)(C)C)cc2)cc1. The van der Waals surface area contributed by atoms with Gasteiger partial charge in [-0.3, -0.25) is 9.59 Å². The van der Waals surface area contributed by atoms with Gasteiger partial charge < -0.3 is 19.3 Å². The fourth-order valence-electron chi connectivity index (χ4n) is 4.48. The van der Waals surface area contributed by atoms with Crippen LogP contribution in [-0.4, -0.2) is 44.4 Å². The molecule has 7 nitrogen and oxygen atoms in total. The number of aliphatic hydroxyl groups excluding tert-OH is 1. The second-order valence-electron chi connectivity index (χ2n) is 10.1. The van der Waals surface area contributed by atoms with Gasteiger partial charge >= 0.3 is 0 Å². The smallest absolute Gasteiger partial charge is 0.295 e. The Labute approximate surface area is 217 Å². The van der Waals surface area contributed by atoms with Crippen LogP contribution in [0.3, 0.4) is 0 Å². The Bertz CT molecular complexity index is 1280. The molecule has 1 N–H and O–H groups in total. The van der Waals surface area contributed by atoms with Gasteiger partial charge in [-0.25, -0.2) is 4.98 Å². The number of aryl methyl sites for hydroxylation is 1. The molecule has 0 bridgehead atoms. The maximum atomic E-state index is 13.3. The molecule has 1 saturated heterocycles. The number of ether oxygens (including phenoxy) is 1. The number of imidazole rings is 1. The van der Waals surface area contributed by atoms with Crippen molar-refractivity contribution in [2.45, 2.75) is 45.2 Å². The molecular weight excluding hydrogens is 466 g/mol. The highest BCUT2D eigenvalue weighted by atomic mass is 16.5. The molecule has 2 heterocycles. The van der Waals surface area contributed by atoms with Crippen LogP contribution in [0, 0.1) is 0 Å². The Hall–Kier alpha value is -4.13. The molecule has 0 radical (unpaired) electrons. The number of Topliss-reactive ketones (excluding diaryl/α,β-unsaturated/α-hetero) is 1. The minimum atomic E-state index is -0.687. The summed E-state index contributed by atoms with van der Waals surface area (Å²) in [4.78, 5) is 32.1. The number of rotatable bonds is 9. The van der Waals surface area contributed by atoms with Crippen LogP contribution in [0.15, 0.2) is 85.5 Å². The second-order valence-corrected chi connectivity index (χ2v) is 10.1. The Morgan fingerprint density at radius 1 is 1.08 bits per heavy atom. The summed E-state index contributed by atoms with van der Waals surface area (Å²) in [6, 6.07) is 14.0. The summed E-state index contributed by atoms with van der Waals surface area (Å²) >= 11 is 0. The Morgan fingerprint density at radius 2 is 1.78 bits per heavy atom. The third-order valence-electron chi connectivity index (χ3n) is 6.50. The van der Waals surface area contributed by atoms with Crippen LogP contribution < -0.4 is 4.74 Å². The molecule has 1 amide bonds. The summed E-state index contributed by atoms with van der Waals surface area (Å²) in [5, 5.41) is 11.3. The van der Waals surface area contributed by atoms with Crippen molar-refractivity contribution in [1.29, 1.82) is 0 Å². The zero-order valence-electron chi connectivity index (χ0n) is 21.6. The fraction of sp³-hybridized carbons (Fsp3) is 0.300. The minimum Gasteiger partial charge on any atom is -0.507 e. The largest absolute Gasteiger partial charge is 0.507 e. The zero-order chi connectivity index (χ0) is 26.6. The third kappa shape index (κ3) is 5.66.